The molecule has 2 aliphatic heterocycles. The minimum absolute atomic E-state index is 0.278. The average molecular weight is 378 g/mol. The summed E-state index contributed by atoms with van der Waals surface area (Å²) in [5, 5.41) is 14.6. The van der Waals surface area contributed by atoms with Crippen LogP contribution in [0.2, 0.25) is 0 Å². The fourth-order valence-electron chi connectivity index (χ4n) is 4.88. The summed E-state index contributed by atoms with van der Waals surface area (Å²) in [5.41, 5.74) is 1.09. The molecule has 1 spiro atoms. The van der Waals surface area contributed by atoms with Gasteiger partial charge in [0, 0.05) is 25.8 Å². The topological polar surface area (TPSA) is 88.2 Å². The molecule has 0 saturated carbocycles. The molecule has 7 nitrogen and oxygen atoms in total. The van der Waals surface area contributed by atoms with Crippen LogP contribution in [0.3, 0.4) is 0 Å². The van der Waals surface area contributed by atoms with Crippen molar-refractivity contribution in [2.75, 3.05) is 13.2 Å². The van der Waals surface area contributed by atoms with Gasteiger partial charge in [-0.15, -0.1) is 0 Å². The minimum atomic E-state index is -3.80. The largest absolute Gasteiger partial charge is 0.372 e. The SMILES string of the molecule is Cn1nc2c(c1S(=O)(=O)N1CCCC3(CCCCO3)C1C#N)CCCC2. The summed E-state index contributed by atoms with van der Waals surface area (Å²) in [6.45, 7) is 0.971. The molecule has 2 unspecified atom stereocenters. The number of nitrogens with zero attached hydrogens (tertiary/aromatic N) is 4. The Kier molecular flexibility index (Phi) is 4.58. The molecule has 2 saturated heterocycles. The van der Waals surface area contributed by atoms with Crippen LogP contribution in [0.25, 0.3) is 0 Å². The van der Waals surface area contributed by atoms with E-state index in [9.17, 15) is 13.7 Å². The Morgan fingerprint density at radius 1 is 1.19 bits per heavy atom. The lowest BCUT2D eigenvalue weighted by Gasteiger charge is -2.47. The third kappa shape index (κ3) is 2.68. The van der Waals surface area contributed by atoms with Crippen LogP contribution in [0.15, 0.2) is 5.03 Å². The Morgan fingerprint density at radius 2 is 1.96 bits per heavy atom. The van der Waals surface area contributed by atoms with Gasteiger partial charge < -0.3 is 4.74 Å². The van der Waals surface area contributed by atoms with Crippen molar-refractivity contribution in [3.8, 4) is 6.07 Å². The lowest BCUT2D eigenvalue weighted by atomic mass is 9.80. The van der Waals surface area contributed by atoms with Crippen LogP contribution in [-0.4, -0.2) is 47.3 Å². The zero-order valence-electron chi connectivity index (χ0n) is 15.3. The molecule has 0 amide bonds. The molecule has 8 heteroatoms. The van der Waals surface area contributed by atoms with Crippen molar-refractivity contribution in [1.29, 1.82) is 5.26 Å². The Hall–Kier alpha value is -1.43. The number of rotatable bonds is 2. The highest BCUT2D eigenvalue weighted by molar-refractivity contribution is 7.89. The highest BCUT2D eigenvalue weighted by Gasteiger charge is 2.51. The van der Waals surface area contributed by atoms with Gasteiger partial charge in [0.15, 0.2) is 5.03 Å². The molecule has 0 radical (unpaired) electrons. The molecular formula is C18H26N4O3S. The lowest BCUT2D eigenvalue weighted by molar-refractivity contribution is -0.122. The second-order valence-corrected chi connectivity index (χ2v) is 9.49. The fraction of sp³-hybridized carbons (Fsp3) is 0.778. The zero-order chi connectivity index (χ0) is 18.4. The first-order valence-corrected chi connectivity index (χ1v) is 11.0. The minimum Gasteiger partial charge on any atom is -0.372 e. The molecule has 142 valence electrons. The van der Waals surface area contributed by atoms with Crippen molar-refractivity contribution in [2.24, 2.45) is 7.05 Å². The van der Waals surface area contributed by atoms with Crippen LogP contribution in [0, 0.1) is 11.3 Å². The molecule has 0 N–H and O–H groups in total. The number of piperidine rings is 1. The smallest absolute Gasteiger partial charge is 0.261 e. The van der Waals surface area contributed by atoms with Gasteiger partial charge in [0.25, 0.3) is 10.0 Å². The number of ether oxygens (including phenoxy) is 1. The second kappa shape index (κ2) is 6.63. The van der Waals surface area contributed by atoms with E-state index in [1.54, 1.807) is 7.05 Å². The summed E-state index contributed by atoms with van der Waals surface area (Å²) in [6, 6.07) is 1.51. The first-order valence-electron chi connectivity index (χ1n) is 9.60. The van der Waals surface area contributed by atoms with Gasteiger partial charge in [-0.05, 0) is 57.8 Å². The highest BCUT2D eigenvalue weighted by atomic mass is 32.2. The number of nitriles is 1. The van der Waals surface area contributed by atoms with Crippen LogP contribution in [0.4, 0.5) is 0 Å². The summed E-state index contributed by atoms with van der Waals surface area (Å²) >= 11 is 0. The summed E-state index contributed by atoms with van der Waals surface area (Å²) in [7, 11) is -2.10. The third-order valence-corrected chi connectivity index (χ3v) is 8.10. The Labute approximate surface area is 155 Å². The van der Waals surface area contributed by atoms with Gasteiger partial charge in [0.2, 0.25) is 0 Å². The maximum atomic E-state index is 13.6. The second-order valence-electron chi connectivity index (χ2n) is 7.68. The van der Waals surface area contributed by atoms with Crippen molar-refractivity contribution in [1.82, 2.24) is 14.1 Å². The molecule has 3 heterocycles. The van der Waals surface area contributed by atoms with Gasteiger partial charge in [-0.25, -0.2) is 8.42 Å². The molecule has 1 aromatic rings. The lowest BCUT2D eigenvalue weighted by Crippen LogP contribution is -2.60. The first kappa shape index (κ1) is 18.0. The van der Waals surface area contributed by atoms with E-state index in [1.165, 1.54) is 8.99 Å². The van der Waals surface area contributed by atoms with E-state index >= 15 is 0 Å². The standard InChI is InChI=1S/C18H26N4O3S/c1-21-17(14-7-2-3-8-15(14)20-21)26(23,24)22-11-6-10-18(16(22)13-19)9-4-5-12-25-18/h16H,2-12H2,1H3. The number of aromatic nitrogens is 2. The van der Waals surface area contributed by atoms with E-state index in [2.05, 4.69) is 11.2 Å². The molecule has 4 rings (SSSR count). The highest BCUT2D eigenvalue weighted by Crippen LogP contribution is 2.41. The van der Waals surface area contributed by atoms with Crippen molar-refractivity contribution in [3.05, 3.63) is 11.3 Å². The van der Waals surface area contributed by atoms with Gasteiger partial charge in [-0.3, -0.25) is 4.68 Å². The summed E-state index contributed by atoms with van der Waals surface area (Å²) in [5.74, 6) is 0. The summed E-state index contributed by atoms with van der Waals surface area (Å²) < 4.78 is 36.1. The quantitative estimate of drug-likeness (QED) is 0.784. The molecular weight excluding hydrogens is 352 g/mol. The van der Waals surface area contributed by atoms with Crippen molar-refractivity contribution < 1.29 is 13.2 Å². The molecule has 0 bridgehead atoms. The normalized spacial score (nSPS) is 30.1. The van der Waals surface area contributed by atoms with Crippen LogP contribution in [0.1, 0.15) is 56.2 Å². The van der Waals surface area contributed by atoms with E-state index in [-0.39, 0.29) is 5.03 Å². The van der Waals surface area contributed by atoms with Crippen molar-refractivity contribution in [3.63, 3.8) is 0 Å². The maximum absolute atomic E-state index is 13.6. The number of fused-ring (bicyclic) bond motifs is 1. The monoisotopic (exact) mass is 378 g/mol. The van der Waals surface area contributed by atoms with Crippen LogP contribution in [0.5, 0.6) is 0 Å². The van der Waals surface area contributed by atoms with Gasteiger partial charge >= 0.3 is 0 Å². The number of hydrogen-bond acceptors (Lipinski definition) is 5. The van der Waals surface area contributed by atoms with Gasteiger partial charge in [-0.1, -0.05) is 0 Å². The predicted molar refractivity (Wildman–Crippen MR) is 94.9 cm³/mol. The average Bonchev–Trinajstić information content (AvgIpc) is 2.98. The molecule has 0 aromatic carbocycles. The fourth-order valence-corrected chi connectivity index (χ4v) is 6.89. The summed E-state index contributed by atoms with van der Waals surface area (Å²) in [4.78, 5) is 0. The Morgan fingerprint density at radius 3 is 2.69 bits per heavy atom. The van der Waals surface area contributed by atoms with Gasteiger partial charge in [-0.2, -0.15) is 14.7 Å². The van der Waals surface area contributed by atoms with Crippen molar-refractivity contribution in [2.45, 2.75) is 74.5 Å². The van der Waals surface area contributed by atoms with E-state index in [0.29, 0.717) is 13.2 Å². The summed E-state index contributed by atoms with van der Waals surface area (Å²) in [6.07, 6.45) is 7.77. The molecule has 26 heavy (non-hydrogen) atoms. The van der Waals surface area contributed by atoms with Crippen molar-refractivity contribution >= 4 is 10.0 Å². The van der Waals surface area contributed by atoms with Crippen LogP contribution in [-0.2, 0) is 34.6 Å². The Balaban J connectivity index is 1.76. The van der Waals surface area contributed by atoms with E-state index in [0.717, 1.165) is 69.0 Å². The van der Waals surface area contributed by atoms with E-state index in [4.69, 9.17) is 4.74 Å². The van der Waals surface area contributed by atoms with Gasteiger partial charge in [0.05, 0.1) is 17.4 Å². The molecule has 1 aromatic heterocycles. The maximum Gasteiger partial charge on any atom is 0.261 e. The molecule has 3 aliphatic rings. The molecule has 2 fully saturated rings. The Bertz CT molecular complexity index is 828. The van der Waals surface area contributed by atoms with E-state index in [1.807, 2.05) is 0 Å². The van der Waals surface area contributed by atoms with Gasteiger partial charge in [0.1, 0.15) is 6.04 Å². The number of hydrogen-bond donors (Lipinski definition) is 0. The third-order valence-electron chi connectivity index (χ3n) is 6.09. The number of aryl methyl sites for hydroxylation is 2. The van der Waals surface area contributed by atoms with E-state index < -0.39 is 21.7 Å². The molecule has 1 aliphatic carbocycles. The first-order chi connectivity index (χ1) is 12.5. The van der Waals surface area contributed by atoms with Crippen LogP contribution < -0.4 is 0 Å². The van der Waals surface area contributed by atoms with Crippen LogP contribution >= 0.6 is 0 Å². The predicted octanol–water partition coefficient (Wildman–Crippen LogP) is 1.91. The number of sulfonamides is 1. The zero-order valence-corrected chi connectivity index (χ0v) is 16.1. The molecule has 2 atom stereocenters.